The van der Waals surface area contributed by atoms with Crippen molar-refractivity contribution in [1.82, 2.24) is 25.4 Å². The summed E-state index contributed by atoms with van der Waals surface area (Å²) in [5.74, 6) is -3.30. The van der Waals surface area contributed by atoms with E-state index in [2.05, 4.69) is 15.6 Å². The van der Waals surface area contributed by atoms with Gasteiger partial charge in [-0.2, -0.15) is 13.2 Å². The Bertz CT molecular complexity index is 641. The van der Waals surface area contributed by atoms with Crippen molar-refractivity contribution in [1.29, 1.82) is 0 Å². The van der Waals surface area contributed by atoms with Gasteiger partial charge in [-0.3, -0.25) is 9.59 Å². The number of rotatable bonds is 8. The smallest absolute Gasteiger partial charge is 0.475 e. The van der Waals surface area contributed by atoms with Crippen molar-refractivity contribution in [3.8, 4) is 0 Å². The van der Waals surface area contributed by atoms with Crippen molar-refractivity contribution in [3.63, 3.8) is 0 Å². The van der Waals surface area contributed by atoms with Crippen LogP contribution in [0.4, 0.5) is 13.2 Å². The van der Waals surface area contributed by atoms with Crippen LogP contribution in [0.1, 0.15) is 28.4 Å². The van der Waals surface area contributed by atoms with E-state index in [1.807, 2.05) is 38.0 Å². The molecule has 9 nitrogen and oxygen atoms in total. The van der Waals surface area contributed by atoms with Gasteiger partial charge in [-0.25, -0.2) is 9.78 Å². The van der Waals surface area contributed by atoms with Crippen LogP contribution in [-0.4, -0.2) is 98.2 Å². The number of carboxylic acid groups (broad SMARTS) is 1. The van der Waals surface area contributed by atoms with E-state index >= 15 is 0 Å². The number of pyridine rings is 1. The van der Waals surface area contributed by atoms with E-state index in [9.17, 15) is 22.8 Å². The van der Waals surface area contributed by atoms with Crippen LogP contribution in [0.2, 0.25) is 0 Å². The molecule has 0 atom stereocenters. The molecule has 0 radical (unpaired) electrons. The average molecular weight is 437 g/mol. The van der Waals surface area contributed by atoms with E-state index in [0.29, 0.717) is 13.1 Å². The van der Waals surface area contributed by atoms with Crippen LogP contribution >= 0.6 is 0 Å². The number of carbonyl (C=O) groups is 3. The number of halogens is 3. The zero-order valence-electron chi connectivity index (χ0n) is 16.7. The number of hydrogen-bond donors (Lipinski definition) is 3. The fourth-order valence-electron chi connectivity index (χ4n) is 1.65. The summed E-state index contributed by atoms with van der Waals surface area (Å²) < 4.78 is 31.7. The molecule has 30 heavy (non-hydrogen) atoms. The lowest BCUT2D eigenvalue weighted by atomic mass is 10.2. The van der Waals surface area contributed by atoms with E-state index in [4.69, 9.17) is 9.90 Å². The number of carbonyl (C=O) groups excluding carboxylic acids is 2. The van der Waals surface area contributed by atoms with Gasteiger partial charge in [-0.1, -0.05) is 13.5 Å². The highest BCUT2D eigenvalue weighted by Gasteiger charge is 2.38. The molecule has 0 saturated heterocycles. The van der Waals surface area contributed by atoms with Gasteiger partial charge in [-0.15, -0.1) is 0 Å². The first-order chi connectivity index (χ1) is 13.3. The lowest BCUT2D eigenvalue weighted by molar-refractivity contribution is -0.192. The average Bonchev–Trinajstić information content (AvgIpc) is 2.60. The second-order valence-corrected chi connectivity index (χ2v) is 6.33. The lowest BCUT2D eigenvalue weighted by Crippen LogP contribution is -2.33. The second-order valence-electron chi connectivity index (χ2n) is 6.33. The molecule has 1 rings (SSSR count). The quantitative estimate of drug-likeness (QED) is 0.554. The van der Waals surface area contributed by atoms with Crippen LogP contribution in [0.25, 0.3) is 0 Å². The van der Waals surface area contributed by atoms with Crippen molar-refractivity contribution in [2.24, 2.45) is 0 Å². The van der Waals surface area contributed by atoms with Crippen LogP contribution < -0.4 is 10.6 Å². The van der Waals surface area contributed by atoms with Crippen LogP contribution in [-0.2, 0) is 4.79 Å². The first-order valence-electron chi connectivity index (χ1n) is 8.47. The van der Waals surface area contributed by atoms with E-state index in [1.165, 1.54) is 0 Å². The Morgan fingerprint density at radius 3 is 1.53 bits per heavy atom. The Morgan fingerprint density at radius 1 is 0.933 bits per heavy atom. The Labute approximate surface area is 174 Å². The predicted molar refractivity (Wildman–Crippen MR) is 106 cm³/mol. The maximum absolute atomic E-state index is 12.0. The van der Waals surface area contributed by atoms with Crippen molar-refractivity contribution >= 4 is 17.8 Å². The van der Waals surface area contributed by atoms with Crippen molar-refractivity contribution in [3.05, 3.63) is 29.6 Å². The Morgan fingerprint density at radius 2 is 1.27 bits per heavy atom. The van der Waals surface area contributed by atoms with Crippen molar-refractivity contribution in [2.45, 2.75) is 13.6 Å². The third kappa shape index (κ3) is 13.4. The van der Waals surface area contributed by atoms with Gasteiger partial charge in [0.05, 0.1) is 0 Å². The Kier molecular flexibility index (Phi) is 14.0. The largest absolute Gasteiger partial charge is 0.490 e. The lowest BCUT2D eigenvalue weighted by Gasteiger charge is -2.11. The van der Waals surface area contributed by atoms with Crippen LogP contribution in [0, 0.1) is 0 Å². The third-order valence-corrected chi connectivity index (χ3v) is 3.15. The summed E-state index contributed by atoms with van der Waals surface area (Å²) in [7, 11) is 7.73. The van der Waals surface area contributed by atoms with Crippen LogP contribution in [0.5, 0.6) is 0 Å². The molecule has 0 unspecified atom stereocenters. The molecular formula is C18H30F3N5O4. The highest BCUT2D eigenvalue weighted by atomic mass is 19.4. The zero-order valence-corrected chi connectivity index (χ0v) is 16.7. The number of alkyl halides is 3. The predicted octanol–water partition coefficient (Wildman–Crippen LogP) is 0.934. The number of aliphatic carboxylic acids is 1. The molecule has 0 spiro atoms. The van der Waals surface area contributed by atoms with Gasteiger partial charge >= 0.3 is 12.1 Å². The fourth-order valence-corrected chi connectivity index (χ4v) is 1.65. The Balaban J connectivity index is 0. The summed E-state index contributed by atoms with van der Waals surface area (Å²) in [6, 6.07) is 4.86. The summed E-state index contributed by atoms with van der Waals surface area (Å²) in [4.78, 5) is 40.9. The first kappa shape index (κ1) is 29.5. The van der Waals surface area contributed by atoms with Gasteiger partial charge < -0.3 is 25.5 Å². The molecule has 1 aromatic heterocycles. The summed E-state index contributed by atoms with van der Waals surface area (Å²) in [6.07, 6.45) is -5.08. The van der Waals surface area contributed by atoms with Crippen LogP contribution in [0.3, 0.4) is 0 Å². The molecule has 1 aromatic rings. The number of likely N-dealkylation sites (N-methyl/N-ethyl adjacent to an activating group) is 2. The second kappa shape index (κ2) is 14.3. The standard InChI is InChI=1S/C15H25N5O2.C2HF3O2.CH4/c1-19(2)10-8-16-14(21)12-6-5-7-13(18-12)15(22)17-9-11-20(3)4;3-2(4,5)1(6)7;/h5-7H,8-11H2,1-4H3,(H,16,21)(H,17,22);(H,6,7);1H4. The van der Waals surface area contributed by atoms with Gasteiger partial charge in [0.2, 0.25) is 0 Å². The van der Waals surface area contributed by atoms with E-state index in [1.54, 1.807) is 18.2 Å². The molecule has 0 aromatic carbocycles. The van der Waals surface area contributed by atoms with E-state index in [-0.39, 0.29) is 30.6 Å². The molecule has 0 aliphatic carbocycles. The summed E-state index contributed by atoms with van der Waals surface area (Å²) in [6.45, 7) is 2.56. The number of carboxylic acids is 1. The molecule has 172 valence electrons. The minimum atomic E-state index is -5.08. The Hall–Kier alpha value is -2.73. The number of aromatic nitrogens is 1. The van der Waals surface area contributed by atoms with Crippen molar-refractivity contribution < 1.29 is 32.7 Å². The highest BCUT2D eigenvalue weighted by Crippen LogP contribution is 2.13. The minimum absolute atomic E-state index is 0. The number of nitrogens with one attached hydrogen (secondary N) is 2. The molecule has 0 bridgehead atoms. The molecule has 2 amide bonds. The first-order valence-corrected chi connectivity index (χ1v) is 8.47. The monoisotopic (exact) mass is 437 g/mol. The SMILES string of the molecule is C.CN(C)CCNC(=O)c1cccc(C(=O)NCCN(C)C)n1.O=C(O)C(F)(F)F. The van der Waals surface area contributed by atoms with Crippen LogP contribution in [0.15, 0.2) is 18.2 Å². The molecule has 0 aliphatic heterocycles. The molecule has 3 N–H and O–H groups in total. The van der Waals surface area contributed by atoms with Gasteiger partial charge in [-0.05, 0) is 40.3 Å². The molecule has 1 heterocycles. The number of amides is 2. The molecular weight excluding hydrogens is 407 g/mol. The van der Waals surface area contributed by atoms with Crippen molar-refractivity contribution in [2.75, 3.05) is 54.4 Å². The summed E-state index contributed by atoms with van der Waals surface area (Å²) >= 11 is 0. The maximum atomic E-state index is 12.0. The third-order valence-electron chi connectivity index (χ3n) is 3.15. The normalized spacial score (nSPS) is 10.6. The number of nitrogens with zero attached hydrogens (tertiary/aromatic N) is 3. The topological polar surface area (TPSA) is 115 Å². The minimum Gasteiger partial charge on any atom is -0.475 e. The van der Waals surface area contributed by atoms with Gasteiger partial charge in [0.15, 0.2) is 0 Å². The van der Waals surface area contributed by atoms with E-state index in [0.717, 1.165) is 13.1 Å². The summed E-state index contributed by atoms with van der Waals surface area (Å²) in [5.41, 5.74) is 0.498. The molecule has 12 heteroatoms. The fraction of sp³-hybridized carbons (Fsp3) is 0.556. The number of hydrogen-bond acceptors (Lipinski definition) is 6. The summed E-state index contributed by atoms with van der Waals surface area (Å²) in [5, 5.41) is 12.7. The van der Waals surface area contributed by atoms with Gasteiger partial charge in [0, 0.05) is 26.2 Å². The maximum Gasteiger partial charge on any atom is 0.490 e. The van der Waals surface area contributed by atoms with E-state index < -0.39 is 12.1 Å². The molecule has 0 saturated carbocycles. The van der Waals surface area contributed by atoms with Gasteiger partial charge in [0.25, 0.3) is 11.8 Å². The highest BCUT2D eigenvalue weighted by molar-refractivity contribution is 5.96. The van der Waals surface area contributed by atoms with Gasteiger partial charge in [0.1, 0.15) is 11.4 Å². The zero-order chi connectivity index (χ0) is 22.6. The molecule has 0 aliphatic rings. The molecule has 0 fully saturated rings.